The van der Waals surface area contributed by atoms with Crippen molar-refractivity contribution in [2.75, 3.05) is 6.61 Å². The van der Waals surface area contributed by atoms with Crippen LogP contribution in [-0.2, 0) is 32.6 Å². The van der Waals surface area contributed by atoms with E-state index in [1.807, 2.05) is 30.3 Å². The Labute approximate surface area is 96.8 Å². The van der Waals surface area contributed by atoms with E-state index < -0.39 is 22.0 Å². The molecule has 8 heteroatoms. The van der Waals surface area contributed by atoms with Crippen molar-refractivity contribution in [1.29, 1.82) is 0 Å². The third-order valence-electron chi connectivity index (χ3n) is 1.47. The van der Waals surface area contributed by atoms with Crippen molar-refractivity contribution in [3.63, 3.8) is 0 Å². The molecule has 1 N–H and O–H groups in total. The van der Waals surface area contributed by atoms with Crippen molar-refractivity contribution >= 4 is 22.0 Å². The molecule has 0 saturated carbocycles. The largest absolute Gasteiger partial charge is 0.397 e. The summed E-state index contributed by atoms with van der Waals surface area (Å²) in [5.41, 5.74) is 0.964. The van der Waals surface area contributed by atoms with E-state index in [-0.39, 0.29) is 6.61 Å². The predicted octanol–water partition coefficient (Wildman–Crippen LogP) is 0.378. The van der Waals surface area contributed by atoms with Gasteiger partial charge in [0.1, 0.15) is 0 Å². The molecular formula is C8H10O6S2. The Bertz CT molecular complexity index is 421. The molecule has 0 heterocycles. The molecule has 0 spiro atoms. The lowest BCUT2D eigenvalue weighted by Gasteiger charge is -1.99. The van der Waals surface area contributed by atoms with E-state index in [0.29, 0.717) is 6.42 Å². The summed E-state index contributed by atoms with van der Waals surface area (Å²) in [7, 11) is -4.29. The van der Waals surface area contributed by atoms with E-state index in [9.17, 15) is 8.42 Å². The maximum Gasteiger partial charge on any atom is 0.397 e. The number of rotatable bonds is 4. The van der Waals surface area contributed by atoms with Gasteiger partial charge in [-0.25, -0.2) is 4.18 Å². The van der Waals surface area contributed by atoms with Gasteiger partial charge in [-0.1, -0.05) is 30.3 Å². The van der Waals surface area contributed by atoms with Crippen molar-refractivity contribution in [2.24, 2.45) is 0 Å². The summed E-state index contributed by atoms with van der Waals surface area (Å²) in [4.78, 5) is 0. The van der Waals surface area contributed by atoms with Crippen molar-refractivity contribution < 1.29 is 25.6 Å². The van der Waals surface area contributed by atoms with Crippen LogP contribution in [0.15, 0.2) is 30.3 Å². The molecule has 0 aliphatic carbocycles. The molecule has 0 bridgehead atoms. The van der Waals surface area contributed by atoms with E-state index in [1.165, 1.54) is 0 Å². The molecule has 0 radical (unpaired) electrons. The van der Waals surface area contributed by atoms with Gasteiger partial charge in [0.15, 0.2) is 0 Å². The number of benzene rings is 1. The van der Waals surface area contributed by atoms with Crippen LogP contribution in [0.5, 0.6) is 0 Å². The Kier molecular flexibility index (Phi) is 7.56. The summed E-state index contributed by atoms with van der Waals surface area (Å²) in [6.07, 6.45) is 0.459. The second-order valence-corrected chi connectivity index (χ2v) is 3.78. The summed E-state index contributed by atoms with van der Waals surface area (Å²) < 4.78 is 49.3. The molecule has 0 unspecified atom stereocenters. The monoisotopic (exact) mass is 266 g/mol. The lowest BCUT2D eigenvalue weighted by molar-refractivity contribution is 0.272. The molecular weight excluding hydrogens is 256 g/mol. The summed E-state index contributed by atoms with van der Waals surface area (Å²) in [6.45, 7) is -0.0388. The fraction of sp³-hybridized carbons (Fsp3) is 0.250. The predicted molar refractivity (Wildman–Crippen MR) is 56.6 cm³/mol. The molecule has 0 saturated heterocycles. The molecule has 90 valence electrons. The summed E-state index contributed by atoms with van der Waals surface area (Å²) in [6, 6.07) is 9.28. The zero-order valence-corrected chi connectivity index (χ0v) is 9.74. The minimum Gasteiger partial charge on any atom is -0.264 e. The van der Waals surface area contributed by atoms with Crippen LogP contribution >= 0.6 is 0 Å². The van der Waals surface area contributed by atoms with Gasteiger partial charge < -0.3 is 0 Å². The van der Waals surface area contributed by atoms with Crippen LogP contribution in [0.4, 0.5) is 0 Å². The molecule has 6 nitrogen and oxygen atoms in total. The molecule has 1 aromatic rings. The lowest BCUT2D eigenvalue weighted by Crippen LogP contribution is -2.06. The Morgan fingerprint density at radius 1 is 1.19 bits per heavy atom. The molecule has 1 aromatic carbocycles. The normalized spacial score (nSPS) is 10.1. The highest BCUT2D eigenvalue weighted by molar-refractivity contribution is 7.80. The summed E-state index contributed by atoms with van der Waals surface area (Å²) in [5.74, 6) is 0. The standard InChI is InChI=1S/C8H10O4S.O2S/c9-13(10,11)12-7-6-8-4-2-1-3-5-8;1-3-2/h1-5H,6-7H2,(H,9,10,11);. The van der Waals surface area contributed by atoms with Crippen LogP contribution in [0.1, 0.15) is 5.56 Å². The Morgan fingerprint density at radius 2 is 1.69 bits per heavy atom. The zero-order chi connectivity index (χ0) is 12.4. The molecule has 16 heavy (non-hydrogen) atoms. The van der Waals surface area contributed by atoms with Gasteiger partial charge >= 0.3 is 22.0 Å². The zero-order valence-electron chi connectivity index (χ0n) is 8.11. The minimum absolute atomic E-state index is 0.0388. The molecule has 0 atom stereocenters. The van der Waals surface area contributed by atoms with Crippen LogP contribution < -0.4 is 0 Å². The topological polar surface area (TPSA) is 97.7 Å². The first-order valence-corrected chi connectivity index (χ1v) is 6.10. The van der Waals surface area contributed by atoms with Crippen LogP contribution in [0.2, 0.25) is 0 Å². The Morgan fingerprint density at radius 3 is 2.12 bits per heavy atom. The van der Waals surface area contributed by atoms with Gasteiger partial charge in [-0.15, -0.1) is 0 Å². The Balaban J connectivity index is 0.000000673. The van der Waals surface area contributed by atoms with Crippen molar-refractivity contribution in [3.05, 3.63) is 35.9 Å². The highest BCUT2D eigenvalue weighted by Crippen LogP contribution is 2.00. The summed E-state index contributed by atoms with van der Waals surface area (Å²) in [5, 5.41) is 0. The smallest absolute Gasteiger partial charge is 0.264 e. The third-order valence-corrected chi connectivity index (χ3v) is 1.93. The van der Waals surface area contributed by atoms with Gasteiger partial charge in [-0.3, -0.25) is 4.55 Å². The minimum atomic E-state index is -4.29. The van der Waals surface area contributed by atoms with Gasteiger partial charge in [0.05, 0.1) is 6.61 Å². The quantitative estimate of drug-likeness (QED) is 0.791. The van der Waals surface area contributed by atoms with E-state index in [4.69, 9.17) is 13.0 Å². The van der Waals surface area contributed by atoms with Gasteiger partial charge in [0.25, 0.3) is 0 Å². The molecule has 0 aliphatic rings. The van der Waals surface area contributed by atoms with Gasteiger partial charge in [-0.05, 0) is 12.0 Å². The highest BCUT2D eigenvalue weighted by atomic mass is 32.3. The molecule has 0 aromatic heterocycles. The maximum absolute atomic E-state index is 10.2. The van der Waals surface area contributed by atoms with E-state index in [1.54, 1.807) is 0 Å². The maximum atomic E-state index is 10.2. The van der Waals surface area contributed by atoms with Crippen LogP contribution in [-0.4, -0.2) is 28.0 Å². The number of hydrogen-bond acceptors (Lipinski definition) is 5. The average molecular weight is 266 g/mol. The first kappa shape index (κ1) is 14.9. The fourth-order valence-electron chi connectivity index (χ4n) is 0.910. The lowest BCUT2D eigenvalue weighted by atomic mass is 10.2. The highest BCUT2D eigenvalue weighted by Gasteiger charge is 2.02. The average Bonchev–Trinajstić information content (AvgIpc) is 2.18. The van der Waals surface area contributed by atoms with Crippen molar-refractivity contribution in [2.45, 2.75) is 6.42 Å². The van der Waals surface area contributed by atoms with E-state index in [2.05, 4.69) is 4.18 Å². The fourth-order valence-corrected chi connectivity index (χ4v) is 1.20. The number of hydrogen-bond donors (Lipinski definition) is 1. The van der Waals surface area contributed by atoms with Gasteiger partial charge in [-0.2, -0.15) is 16.8 Å². The first-order chi connectivity index (χ1) is 7.49. The van der Waals surface area contributed by atoms with E-state index >= 15 is 0 Å². The summed E-state index contributed by atoms with van der Waals surface area (Å²) >= 11 is -0.750. The third kappa shape index (κ3) is 9.46. The van der Waals surface area contributed by atoms with Crippen LogP contribution in [0.25, 0.3) is 0 Å². The second-order valence-electron chi connectivity index (χ2n) is 2.55. The van der Waals surface area contributed by atoms with Crippen molar-refractivity contribution in [3.8, 4) is 0 Å². The molecule has 0 amide bonds. The first-order valence-electron chi connectivity index (χ1n) is 4.07. The molecule has 1 rings (SSSR count). The molecule has 0 aliphatic heterocycles. The van der Waals surface area contributed by atoms with Crippen molar-refractivity contribution in [1.82, 2.24) is 0 Å². The van der Waals surface area contributed by atoms with Crippen LogP contribution in [0, 0.1) is 0 Å². The van der Waals surface area contributed by atoms with Crippen LogP contribution in [0.3, 0.4) is 0 Å². The van der Waals surface area contributed by atoms with Gasteiger partial charge in [0, 0.05) is 0 Å². The Hall–Kier alpha value is -1.09. The second kappa shape index (κ2) is 8.11. The van der Waals surface area contributed by atoms with E-state index in [0.717, 1.165) is 5.56 Å². The SMILES string of the molecule is O=S(=O)(O)OCCc1ccccc1.O=S=O. The van der Waals surface area contributed by atoms with Gasteiger partial charge in [0.2, 0.25) is 0 Å². The molecule has 0 fully saturated rings.